The minimum Gasteiger partial charge on any atom is -0.294 e. The second-order valence-corrected chi connectivity index (χ2v) is 3.59. The fourth-order valence-corrected chi connectivity index (χ4v) is 1.81. The van der Waals surface area contributed by atoms with Crippen LogP contribution in [0.5, 0.6) is 0 Å². The average molecular weight is 215 g/mol. The van der Waals surface area contributed by atoms with Gasteiger partial charge in [-0.25, -0.2) is 0 Å². The third kappa shape index (κ3) is 1.18. The van der Waals surface area contributed by atoms with Crippen molar-refractivity contribution in [3.63, 3.8) is 0 Å². The highest BCUT2D eigenvalue weighted by Gasteiger charge is 2.30. The molecule has 0 spiro atoms. The van der Waals surface area contributed by atoms with Crippen LogP contribution in [0.4, 0.5) is 0 Å². The second kappa shape index (κ2) is 2.82. The molecule has 0 amide bonds. The van der Waals surface area contributed by atoms with Crippen molar-refractivity contribution < 1.29 is 9.59 Å². The zero-order valence-corrected chi connectivity index (χ0v) is 7.95. The molecule has 1 aliphatic carbocycles. The lowest BCUT2D eigenvalue weighted by Crippen LogP contribution is -1.92. The highest BCUT2D eigenvalue weighted by atomic mass is 35.5. The Kier molecular flexibility index (Phi) is 1.90. The molecule has 0 aliphatic heterocycles. The molecule has 13 heavy (non-hydrogen) atoms. The van der Waals surface area contributed by atoms with Crippen LogP contribution < -0.4 is 0 Å². The van der Waals surface area contributed by atoms with Crippen molar-refractivity contribution >= 4 is 34.8 Å². The Morgan fingerprint density at radius 1 is 1.08 bits per heavy atom. The van der Waals surface area contributed by atoms with Crippen molar-refractivity contribution in [1.29, 1.82) is 0 Å². The van der Waals surface area contributed by atoms with E-state index >= 15 is 0 Å². The Morgan fingerprint density at radius 3 is 2.46 bits per heavy atom. The molecule has 2 rings (SSSR count). The normalized spacial score (nSPS) is 14.9. The lowest BCUT2D eigenvalue weighted by Gasteiger charge is -2.00. The Balaban J connectivity index is 2.78. The lowest BCUT2D eigenvalue weighted by atomic mass is 10.1. The van der Waals surface area contributed by atoms with E-state index < -0.39 is 0 Å². The molecule has 0 atom stereocenters. The molecular formula is C9H4Cl2O2. The number of benzene rings is 1. The number of halogens is 2. The van der Waals surface area contributed by atoms with Gasteiger partial charge in [0, 0.05) is 11.1 Å². The van der Waals surface area contributed by atoms with Gasteiger partial charge in [0.05, 0.1) is 16.5 Å². The molecule has 0 bridgehead atoms. The van der Waals surface area contributed by atoms with E-state index in [1.807, 2.05) is 0 Å². The molecule has 1 aromatic rings. The summed E-state index contributed by atoms with van der Waals surface area (Å²) < 4.78 is 0. The zero-order chi connectivity index (χ0) is 9.59. The standard InChI is InChI=1S/C9H4Cl2O2/c10-5-2-1-4-6(12)3-7(13)8(4)9(5)11/h1-2H,3H2. The SMILES string of the molecule is O=C1CC(=O)c2c1ccc(Cl)c2Cl. The molecule has 0 heterocycles. The molecular weight excluding hydrogens is 211 g/mol. The van der Waals surface area contributed by atoms with Crippen LogP contribution in [0.3, 0.4) is 0 Å². The molecule has 0 N–H and O–H groups in total. The number of rotatable bonds is 0. The average Bonchev–Trinajstić information content (AvgIpc) is 2.35. The van der Waals surface area contributed by atoms with Crippen molar-refractivity contribution in [3.05, 3.63) is 33.3 Å². The summed E-state index contributed by atoms with van der Waals surface area (Å²) in [6, 6.07) is 3.07. The molecule has 0 radical (unpaired) electrons. The fourth-order valence-electron chi connectivity index (χ4n) is 1.39. The number of fused-ring (bicyclic) bond motifs is 1. The van der Waals surface area contributed by atoms with Gasteiger partial charge >= 0.3 is 0 Å². The van der Waals surface area contributed by atoms with Crippen LogP contribution in [0.2, 0.25) is 10.0 Å². The van der Waals surface area contributed by atoms with E-state index in [9.17, 15) is 9.59 Å². The molecule has 0 aromatic heterocycles. The van der Waals surface area contributed by atoms with E-state index in [0.717, 1.165) is 0 Å². The van der Waals surface area contributed by atoms with Gasteiger partial charge < -0.3 is 0 Å². The maximum absolute atomic E-state index is 11.3. The van der Waals surface area contributed by atoms with Gasteiger partial charge in [0.1, 0.15) is 0 Å². The van der Waals surface area contributed by atoms with E-state index in [1.165, 1.54) is 12.1 Å². The van der Waals surface area contributed by atoms with Crippen molar-refractivity contribution in [2.75, 3.05) is 0 Å². The number of carbonyl (C=O) groups is 2. The molecule has 0 fully saturated rings. The first-order valence-electron chi connectivity index (χ1n) is 3.65. The Hall–Kier alpha value is -0.860. The van der Waals surface area contributed by atoms with Gasteiger partial charge in [-0.3, -0.25) is 9.59 Å². The van der Waals surface area contributed by atoms with E-state index in [1.54, 1.807) is 0 Å². The summed E-state index contributed by atoms with van der Waals surface area (Å²) in [7, 11) is 0. The van der Waals surface area contributed by atoms with E-state index in [4.69, 9.17) is 23.2 Å². The van der Waals surface area contributed by atoms with Crippen molar-refractivity contribution in [3.8, 4) is 0 Å². The highest BCUT2D eigenvalue weighted by molar-refractivity contribution is 6.45. The maximum atomic E-state index is 11.3. The summed E-state index contributed by atoms with van der Waals surface area (Å²) in [6.07, 6.45) is -0.0879. The minimum absolute atomic E-state index is 0.0879. The van der Waals surface area contributed by atoms with Crippen LogP contribution in [-0.2, 0) is 0 Å². The first-order valence-corrected chi connectivity index (χ1v) is 4.41. The van der Waals surface area contributed by atoms with Crippen molar-refractivity contribution in [1.82, 2.24) is 0 Å². The van der Waals surface area contributed by atoms with Crippen molar-refractivity contribution in [2.45, 2.75) is 6.42 Å². The van der Waals surface area contributed by atoms with Crippen LogP contribution >= 0.6 is 23.2 Å². The molecule has 4 heteroatoms. The monoisotopic (exact) mass is 214 g/mol. The maximum Gasteiger partial charge on any atom is 0.172 e. The largest absolute Gasteiger partial charge is 0.294 e. The van der Waals surface area contributed by atoms with E-state index in [2.05, 4.69) is 0 Å². The summed E-state index contributed by atoms with van der Waals surface area (Å²) in [5, 5.41) is 0.499. The number of ketones is 2. The molecule has 0 unspecified atom stereocenters. The van der Waals surface area contributed by atoms with Gasteiger partial charge in [0.15, 0.2) is 11.6 Å². The Morgan fingerprint density at radius 2 is 1.77 bits per heavy atom. The van der Waals surface area contributed by atoms with Crippen LogP contribution in [-0.4, -0.2) is 11.6 Å². The van der Waals surface area contributed by atoms with Gasteiger partial charge in [0.2, 0.25) is 0 Å². The number of carbonyl (C=O) groups excluding carboxylic acids is 2. The molecule has 66 valence electrons. The van der Waals surface area contributed by atoms with E-state index in [0.29, 0.717) is 10.6 Å². The fraction of sp³-hybridized carbons (Fsp3) is 0.111. The van der Waals surface area contributed by atoms with Crippen LogP contribution in [0.25, 0.3) is 0 Å². The first-order chi connectivity index (χ1) is 6.11. The second-order valence-electron chi connectivity index (χ2n) is 2.81. The predicted molar refractivity (Wildman–Crippen MR) is 49.7 cm³/mol. The molecule has 1 aromatic carbocycles. The molecule has 0 saturated heterocycles. The number of hydrogen-bond donors (Lipinski definition) is 0. The van der Waals surface area contributed by atoms with E-state index in [-0.39, 0.29) is 28.6 Å². The van der Waals surface area contributed by atoms with Gasteiger partial charge in [-0.05, 0) is 12.1 Å². The number of Topliss-reactive ketones (excluding diaryl/α,β-unsaturated/α-hetero) is 2. The number of hydrogen-bond acceptors (Lipinski definition) is 2. The minimum atomic E-state index is -0.243. The molecule has 1 aliphatic rings. The van der Waals surface area contributed by atoms with Gasteiger partial charge in [-0.2, -0.15) is 0 Å². The first kappa shape index (κ1) is 8.73. The van der Waals surface area contributed by atoms with Gasteiger partial charge in [0.25, 0.3) is 0 Å². The van der Waals surface area contributed by atoms with Crippen LogP contribution in [0.1, 0.15) is 27.1 Å². The lowest BCUT2D eigenvalue weighted by molar-refractivity contribution is 0.0923. The van der Waals surface area contributed by atoms with Gasteiger partial charge in [-0.15, -0.1) is 0 Å². The summed E-state index contributed by atoms with van der Waals surface area (Å²) in [6.45, 7) is 0. The molecule has 2 nitrogen and oxygen atoms in total. The summed E-state index contributed by atoms with van der Waals surface area (Å²) in [5.74, 6) is -0.425. The third-order valence-electron chi connectivity index (χ3n) is 2.00. The Labute approximate surface area is 84.4 Å². The third-order valence-corrected chi connectivity index (χ3v) is 2.80. The summed E-state index contributed by atoms with van der Waals surface area (Å²) >= 11 is 11.5. The molecule has 0 saturated carbocycles. The quantitative estimate of drug-likeness (QED) is 0.623. The Bertz CT molecular complexity index is 424. The zero-order valence-electron chi connectivity index (χ0n) is 6.43. The topological polar surface area (TPSA) is 34.1 Å². The van der Waals surface area contributed by atoms with Crippen LogP contribution in [0.15, 0.2) is 12.1 Å². The summed E-state index contributed by atoms with van der Waals surface area (Å²) in [4.78, 5) is 22.5. The highest BCUT2D eigenvalue weighted by Crippen LogP contribution is 2.33. The summed E-state index contributed by atoms with van der Waals surface area (Å²) in [5.41, 5.74) is 0.665. The van der Waals surface area contributed by atoms with Gasteiger partial charge in [-0.1, -0.05) is 23.2 Å². The van der Waals surface area contributed by atoms with Crippen LogP contribution in [0, 0.1) is 0 Å². The predicted octanol–water partition coefficient (Wildman–Crippen LogP) is 2.76. The van der Waals surface area contributed by atoms with Crippen molar-refractivity contribution in [2.24, 2.45) is 0 Å². The smallest absolute Gasteiger partial charge is 0.172 e.